The zero-order chi connectivity index (χ0) is 12.5. The van der Waals surface area contributed by atoms with E-state index in [0.29, 0.717) is 0 Å². The number of aliphatic imine (C=N–C) groups is 1. The second-order valence-electron chi connectivity index (χ2n) is 5.54. The van der Waals surface area contributed by atoms with Gasteiger partial charge in [-0.3, -0.25) is 4.99 Å². The summed E-state index contributed by atoms with van der Waals surface area (Å²) in [4.78, 5) is 4.69. The molecule has 1 saturated carbocycles. The number of ether oxygens (including phenoxy) is 1. The van der Waals surface area contributed by atoms with Crippen LogP contribution < -0.4 is 5.32 Å². The Labute approximate surface area is 113 Å². The second kappa shape index (κ2) is 5.39. The number of nitrogens with one attached hydrogen (secondary N) is 1. The van der Waals surface area contributed by atoms with Crippen molar-refractivity contribution in [2.24, 2.45) is 10.9 Å². The van der Waals surface area contributed by atoms with E-state index in [-0.39, 0.29) is 23.7 Å². The first-order valence-corrected chi connectivity index (χ1v) is 7.96. The topological polar surface area (TPSA) is 53.9 Å². The Morgan fingerprint density at radius 3 is 3.00 bits per heavy atom. The minimum absolute atomic E-state index is 0.00160. The van der Waals surface area contributed by atoms with E-state index in [2.05, 4.69) is 5.32 Å². The molecule has 0 amide bonds. The van der Waals surface area contributed by atoms with Crippen LogP contribution in [0.25, 0.3) is 0 Å². The number of hydrogen-bond acceptors (Lipinski definition) is 5. The van der Waals surface area contributed by atoms with E-state index in [4.69, 9.17) is 9.73 Å². The van der Waals surface area contributed by atoms with Crippen LogP contribution in [0.1, 0.15) is 39.0 Å². The summed E-state index contributed by atoms with van der Waals surface area (Å²) < 4.78 is 5.97. The second-order valence-corrected chi connectivity index (χ2v) is 6.63. The zero-order valence-electron chi connectivity index (χ0n) is 10.8. The van der Waals surface area contributed by atoms with Crippen LogP contribution in [0.5, 0.6) is 0 Å². The average molecular weight is 270 g/mol. The molecular weight excluding hydrogens is 248 g/mol. The van der Waals surface area contributed by atoms with Crippen LogP contribution in [0, 0.1) is 5.92 Å². The third-order valence-electron chi connectivity index (χ3n) is 3.97. The van der Waals surface area contributed by atoms with Gasteiger partial charge in [-0.25, -0.2) is 0 Å². The molecule has 1 aliphatic carbocycles. The van der Waals surface area contributed by atoms with E-state index in [1.54, 1.807) is 11.8 Å². The Bertz CT molecular complexity index is 333. The molecule has 2 fully saturated rings. The lowest BCUT2D eigenvalue weighted by Crippen LogP contribution is -2.40. The fraction of sp³-hybridized carbons (Fsp3) is 0.923. The summed E-state index contributed by atoms with van der Waals surface area (Å²) in [7, 11) is 0. The first kappa shape index (κ1) is 12.8. The normalized spacial score (nSPS) is 37.0. The quantitative estimate of drug-likeness (QED) is 0.817. The summed E-state index contributed by atoms with van der Waals surface area (Å²) in [5, 5.41) is 14.3. The molecule has 0 aromatic carbocycles. The Morgan fingerprint density at radius 2 is 2.28 bits per heavy atom. The van der Waals surface area contributed by atoms with Crippen LogP contribution in [0.3, 0.4) is 0 Å². The van der Waals surface area contributed by atoms with Crippen molar-refractivity contribution in [3.63, 3.8) is 0 Å². The maximum Gasteiger partial charge on any atom is 0.159 e. The predicted octanol–water partition coefficient (Wildman–Crippen LogP) is 1.73. The highest BCUT2D eigenvalue weighted by atomic mass is 32.2. The molecule has 0 spiro atoms. The number of aliphatic hydroxyl groups is 1. The van der Waals surface area contributed by atoms with Crippen molar-refractivity contribution < 1.29 is 9.84 Å². The van der Waals surface area contributed by atoms with Gasteiger partial charge in [0.25, 0.3) is 0 Å². The van der Waals surface area contributed by atoms with Gasteiger partial charge in [0.15, 0.2) is 5.17 Å². The first-order chi connectivity index (χ1) is 8.76. The van der Waals surface area contributed by atoms with Gasteiger partial charge in [0.2, 0.25) is 0 Å². The molecule has 0 radical (unpaired) electrons. The molecule has 18 heavy (non-hydrogen) atoms. The Hall–Kier alpha value is -0.260. The van der Waals surface area contributed by atoms with E-state index in [1.165, 1.54) is 12.8 Å². The molecule has 4 nitrogen and oxygen atoms in total. The van der Waals surface area contributed by atoms with Crippen molar-refractivity contribution in [1.29, 1.82) is 0 Å². The van der Waals surface area contributed by atoms with Crippen LogP contribution in [0.4, 0.5) is 0 Å². The third-order valence-corrected chi connectivity index (χ3v) is 5.10. The van der Waals surface area contributed by atoms with Gasteiger partial charge in [-0.15, -0.1) is 0 Å². The number of rotatable bonds is 4. The van der Waals surface area contributed by atoms with Crippen LogP contribution in [-0.2, 0) is 4.74 Å². The highest BCUT2D eigenvalue weighted by Gasteiger charge is 2.39. The molecule has 0 bridgehead atoms. The van der Waals surface area contributed by atoms with E-state index in [1.807, 2.05) is 6.92 Å². The van der Waals surface area contributed by atoms with Crippen LogP contribution in [0.2, 0.25) is 0 Å². The third kappa shape index (κ3) is 2.83. The number of fused-ring (bicyclic) bond motifs is 1. The van der Waals surface area contributed by atoms with Crippen molar-refractivity contribution in [2.75, 3.05) is 6.54 Å². The molecule has 0 unspecified atom stereocenters. The van der Waals surface area contributed by atoms with Crippen molar-refractivity contribution in [2.45, 2.75) is 62.7 Å². The SMILES string of the molecule is CC[C@H](O)[C@H]1CC[C@H]2N=C(NCC3CC3)S[C@H]2O1. The predicted molar refractivity (Wildman–Crippen MR) is 73.7 cm³/mol. The lowest BCUT2D eigenvalue weighted by molar-refractivity contribution is -0.0800. The summed E-state index contributed by atoms with van der Waals surface area (Å²) in [6.45, 7) is 3.06. The molecule has 5 heteroatoms. The fourth-order valence-corrected chi connectivity index (χ4v) is 3.65. The molecule has 3 aliphatic rings. The summed E-state index contributed by atoms with van der Waals surface area (Å²) in [6.07, 6.45) is 5.12. The Morgan fingerprint density at radius 1 is 1.44 bits per heavy atom. The Balaban J connectivity index is 1.50. The maximum absolute atomic E-state index is 9.87. The van der Waals surface area contributed by atoms with Crippen LogP contribution in [0.15, 0.2) is 4.99 Å². The highest BCUT2D eigenvalue weighted by molar-refractivity contribution is 8.14. The van der Waals surface area contributed by atoms with E-state index in [9.17, 15) is 5.11 Å². The molecule has 2 aliphatic heterocycles. The number of aliphatic hydroxyl groups excluding tert-OH is 1. The minimum Gasteiger partial charge on any atom is -0.390 e. The van der Waals surface area contributed by atoms with E-state index < -0.39 is 0 Å². The Kier molecular flexibility index (Phi) is 3.82. The fourth-order valence-electron chi connectivity index (χ4n) is 2.51. The van der Waals surface area contributed by atoms with Crippen LogP contribution in [-0.4, -0.2) is 40.5 Å². The molecule has 0 aromatic rings. The summed E-state index contributed by atoms with van der Waals surface area (Å²) >= 11 is 1.70. The molecule has 2 N–H and O–H groups in total. The lowest BCUT2D eigenvalue weighted by Gasteiger charge is -2.32. The van der Waals surface area contributed by atoms with Crippen molar-refractivity contribution >= 4 is 16.9 Å². The number of hydrogen-bond donors (Lipinski definition) is 2. The van der Waals surface area contributed by atoms with Crippen molar-refractivity contribution in [3.05, 3.63) is 0 Å². The van der Waals surface area contributed by atoms with Gasteiger partial charge in [0.05, 0.1) is 18.2 Å². The minimum atomic E-state index is -0.324. The number of amidine groups is 1. The molecule has 2 heterocycles. The van der Waals surface area contributed by atoms with Gasteiger partial charge >= 0.3 is 0 Å². The lowest BCUT2D eigenvalue weighted by atomic mass is 10.00. The molecule has 0 aromatic heterocycles. The zero-order valence-corrected chi connectivity index (χ0v) is 11.7. The standard InChI is InChI=1S/C13H22N2O2S/c1-2-10(16)11-6-5-9-12(17-11)18-13(15-9)14-7-8-3-4-8/h8-12,16H,2-7H2,1H3,(H,14,15)/t9-,10+,11-,12-/m1/s1. The van der Waals surface area contributed by atoms with Gasteiger partial charge in [-0.1, -0.05) is 18.7 Å². The van der Waals surface area contributed by atoms with Crippen molar-refractivity contribution in [3.8, 4) is 0 Å². The summed E-state index contributed by atoms with van der Waals surface area (Å²) in [5.41, 5.74) is 0.117. The molecule has 4 atom stereocenters. The molecule has 3 rings (SSSR count). The van der Waals surface area contributed by atoms with Crippen molar-refractivity contribution in [1.82, 2.24) is 5.32 Å². The van der Waals surface area contributed by atoms with Crippen LogP contribution >= 0.6 is 11.8 Å². The number of nitrogens with zero attached hydrogens (tertiary/aromatic N) is 1. The highest BCUT2D eigenvalue weighted by Crippen LogP contribution is 2.37. The average Bonchev–Trinajstić information content (AvgIpc) is 3.13. The molecule has 102 valence electrons. The van der Waals surface area contributed by atoms with Gasteiger partial charge in [-0.05, 0) is 38.0 Å². The smallest absolute Gasteiger partial charge is 0.159 e. The van der Waals surface area contributed by atoms with Gasteiger partial charge < -0.3 is 15.2 Å². The largest absolute Gasteiger partial charge is 0.390 e. The molecular formula is C13H22N2O2S. The number of thioether (sulfide) groups is 1. The van der Waals surface area contributed by atoms with E-state index >= 15 is 0 Å². The van der Waals surface area contributed by atoms with Gasteiger partial charge in [0, 0.05) is 6.54 Å². The summed E-state index contributed by atoms with van der Waals surface area (Å²) in [5.74, 6) is 0.867. The van der Waals surface area contributed by atoms with Gasteiger partial charge in [-0.2, -0.15) is 0 Å². The monoisotopic (exact) mass is 270 g/mol. The van der Waals surface area contributed by atoms with E-state index in [0.717, 1.165) is 36.9 Å². The first-order valence-electron chi connectivity index (χ1n) is 7.08. The van der Waals surface area contributed by atoms with Gasteiger partial charge in [0.1, 0.15) is 5.44 Å². The maximum atomic E-state index is 9.87. The molecule has 1 saturated heterocycles. The summed E-state index contributed by atoms with van der Waals surface area (Å²) in [6, 6.07) is 0.289.